The highest BCUT2D eigenvalue weighted by Gasteiger charge is 2.13. The van der Waals surface area contributed by atoms with E-state index in [9.17, 15) is 4.79 Å². The van der Waals surface area contributed by atoms with Crippen molar-refractivity contribution in [2.75, 3.05) is 17.2 Å². The minimum absolute atomic E-state index is 0.127. The Kier molecular flexibility index (Phi) is 3.62. The largest absolute Gasteiger partial charge is 0.376 e. The van der Waals surface area contributed by atoms with Crippen molar-refractivity contribution < 1.29 is 4.79 Å². The van der Waals surface area contributed by atoms with Crippen molar-refractivity contribution >= 4 is 49.2 Å². The van der Waals surface area contributed by atoms with Crippen LogP contribution in [0.15, 0.2) is 42.5 Å². The van der Waals surface area contributed by atoms with E-state index in [0.29, 0.717) is 5.13 Å². The van der Waals surface area contributed by atoms with Crippen molar-refractivity contribution in [1.82, 2.24) is 15.2 Å². The Morgan fingerprint density at radius 3 is 2.79 bits per heavy atom. The molecule has 0 spiro atoms. The van der Waals surface area contributed by atoms with E-state index in [4.69, 9.17) is 0 Å². The van der Waals surface area contributed by atoms with Crippen LogP contribution in [0.4, 0.5) is 10.8 Å². The zero-order valence-corrected chi connectivity index (χ0v) is 13.8. The fourth-order valence-electron chi connectivity index (χ4n) is 2.59. The van der Waals surface area contributed by atoms with Crippen LogP contribution in [0.25, 0.3) is 21.1 Å². The lowest BCUT2D eigenvalue weighted by Gasteiger charge is -2.05. The molecule has 120 valence electrons. The molecule has 0 saturated heterocycles. The molecule has 2 heterocycles. The Morgan fingerprint density at radius 1 is 1.17 bits per heavy atom. The summed E-state index contributed by atoms with van der Waals surface area (Å²) in [4.78, 5) is 16.6. The van der Waals surface area contributed by atoms with E-state index in [2.05, 4.69) is 25.8 Å². The van der Waals surface area contributed by atoms with E-state index in [1.165, 1.54) is 11.3 Å². The van der Waals surface area contributed by atoms with Gasteiger partial charge in [0.05, 0.1) is 22.3 Å². The highest BCUT2D eigenvalue weighted by atomic mass is 32.1. The second kappa shape index (κ2) is 5.93. The van der Waals surface area contributed by atoms with Gasteiger partial charge in [-0.3, -0.25) is 9.89 Å². The second-order valence-corrected chi connectivity index (χ2v) is 6.44. The summed E-state index contributed by atoms with van der Waals surface area (Å²) >= 11 is 1.46. The second-order valence-electron chi connectivity index (χ2n) is 5.44. The Balaban J connectivity index is 1.53. The van der Waals surface area contributed by atoms with Crippen molar-refractivity contribution in [3.05, 3.63) is 48.2 Å². The third kappa shape index (κ3) is 2.69. The van der Waals surface area contributed by atoms with Gasteiger partial charge < -0.3 is 10.6 Å². The van der Waals surface area contributed by atoms with Gasteiger partial charge in [0.15, 0.2) is 5.13 Å². The topological polar surface area (TPSA) is 82.7 Å². The molecule has 0 unspecified atom stereocenters. The van der Waals surface area contributed by atoms with Crippen LogP contribution in [0.2, 0.25) is 0 Å². The van der Waals surface area contributed by atoms with Gasteiger partial charge in [0, 0.05) is 16.8 Å². The summed E-state index contributed by atoms with van der Waals surface area (Å²) in [6, 6.07) is 13.5. The number of carbonyl (C=O) groups excluding carboxylic acids is 1. The number of thiazole rings is 1. The summed E-state index contributed by atoms with van der Waals surface area (Å²) < 4.78 is 1.03. The standard InChI is InChI=1S/C17H15N5OS/c1-10-15-12(22-21-10)7-8-13-16(15)24-17(19-13)20-14(23)9-18-11-5-3-2-4-6-11/h2-8,18H,9H2,1H3,(H,21,22)(H,19,20,23). The Bertz CT molecular complexity index is 1020. The number of nitrogens with zero attached hydrogens (tertiary/aromatic N) is 2. The van der Waals surface area contributed by atoms with Gasteiger partial charge in [-0.05, 0) is 31.2 Å². The number of fused-ring (bicyclic) bond motifs is 3. The molecule has 0 aliphatic heterocycles. The highest BCUT2D eigenvalue weighted by molar-refractivity contribution is 7.23. The normalized spacial score (nSPS) is 11.0. The molecule has 2 aromatic carbocycles. The molecule has 24 heavy (non-hydrogen) atoms. The number of H-pyrrole nitrogens is 1. The SMILES string of the molecule is Cc1[nH]nc2ccc3nc(NC(=O)CNc4ccccc4)sc3c12. The molecule has 0 radical (unpaired) electrons. The first kappa shape index (κ1) is 14.6. The molecule has 0 atom stereocenters. The van der Waals surface area contributed by atoms with Crippen LogP contribution in [0.5, 0.6) is 0 Å². The van der Waals surface area contributed by atoms with Gasteiger partial charge in [0.1, 0.15) is 0 Å². The summed E-state index contributed by atoms with van der Waals surface area (Å²) in [5, 5.41) is 14.8. The molecular formula is C17H15N5OS. The maximum Gasteiger partial charge on any atom is 0.245 e. The number of anilines is 2. The average molecular weight is 337 g/mol. The van der Waals surface area contributed by atoms with Crippen LogP contribution < -0.4 is 10.6 Å². The predicted molar refractivity (Wildman–Crippen MR) is 97.6 cm³/mol. The lowest BCUT2D eigenvalue weighted by atomic mass is 10.2. The zero-order chi connectivity index (χ0) is 16.5. The number of hydrogen-bond donors (Lipinski definition) is 3. The molecule has 7 heteroatoms. The average Bonchev–Trinajstić information content (AvgIpc) is 3.17. The molecule has 6 nitrogen and oxygen atoms in total. The Morgan fingerprint density at radius 2 is 1.96 bits per heavy atom. The third-order valence-corrected chi connectivity index (χ3v) is 4.73. The van der Waals surface area contributed by atoms with Crippen molar-refractivity contribution in [2.45, 2.75) is 6.92 Å². The van der Waals surface area contributed by atoms with Gasteiger partial charge in [-0.1, -0.05) is 29.5 Å². The van der Waals surface area contributed by atoms with Gasteiger partial charge in [-0.25, -0.2) is 4.98 Å². The summed E-state index contributed by atoms with van der Waals surface area (Å²) in [5.41, 5.74) is 3.69. The number of aryl methyl sites for hydroxylation is 1. The van der Waals surface area contributed by atoms with Gasteiger partial charge >= 0.3 is 0 Å². The van der Waals surface area contributed by atoms with Crippen LogP contribution >= 0.6 is 11.3 Å². The summed E-state index contributed by atoms with van der Waals surface area (Å²) in [5.74, 6) is -0.127. The van der Waals surface area contributed by atoms with Crippen LogP contribution in [-0.2, 0) is 4.79 Å². The number of aromatic nitrogens is 3. The molecule has 2 aromatic heterocycles. The van der Waals surface area contributed by atoms with Crippen LogP contribution in [0.1, 0.15) is 5.69 Å². The van der Waals surface area contributed by atoms with E-state index in [1.54, 1.807) is 0 Å². The summed E-state index contributed by atoms with van der Waals surface area (Å²) in [7, 11) is 0. The molecular weight excluding hydrogens is 322 g/mol. The molecule has 0 saturated carbocycles. The molecule has 0 aliphatic carbocycles. The van der Waals surface area contributed by atoms with Crippen molar-refractivity contribution in [2.24, 2.45) is 0 Å². The molecule has 4 aromatic rings. The van der Waals surface area contributed by atoms with Crippen molar-refractivity contribution in [3.63, 3.8) is 0 Å². The minimum Gasteiger partial charge on any atom is -0.376 e. The summed E-state index contributed by atoms with van der Waals surface area (Å²) in [6.07, 6.45) is 0. The fraction of sp³-hybridized carbons (Fsp3) is 0.118. The lowest BCUT2D eigenvalue weighted by Crippen LogP contribution is -2.21. The fourth-order valence-corrected chi connectivity index (χ4v) is 3.67. The first-order valence-corrected chi connectivity index (χ1v) is 8.35. The smallest absolute Gasteiger partial charge is 0.245 e. The predicted octanol–water partition coefficient (Wildman–Crippen LogP) is 3.53. The van der Waals surface area contributed by atoms with E-state index in [1.807, 2.05) is 49.4 Å². The van der Waals surface area contributed by atoms with E-state index in [0.717, 1.165) is 32.5 Å². The number of rotatable bonds is 4. The molecule has 4 rings (SSSR count). The number of nitrogens with one attached hydrogen (secondary N) is 3. The number of carbonyl (C=O) groups is 1. The number of benzene rings is 2. The van der Waals surface area contributed by atoms with E-state index >= 15 is 0 Å². The van der Waals surface area contributed by atoms with E-state index < -0.39 is 0 Å². The Labute approximate surface area is 141 Å². The van der Waals surface area contributed by atoms with Crippen LogP contribution in [0, 0.1) is 6.92 Å². The number of hydrogen-bond acceptors (Lipinski definition) is 5. The van der Waals surface area contributed by atoms with Crippen molar-refractivity contribution in [1.29, 1.82) is 0 Å². The molecule has 0 bridgehead atoms. The monoisotopic (exact) mass is 337 g/mol. The van der Waals surface area contributed by atoms with Gasteiger partial charge in [-0.15, -0.1) is 0 Å². The van der Waals surface area contributed by atoms with Crippen LogP contribution in [-0.4, -0.2) is 27.6 Å². The maximum absolute atomic E-state index is 12.1. The first-order chi connectivity index (χ1) is 11.7. The highest BCUT2D eigenvalue weighted by Crippen LogP contribution is 2.33. The lowest BCUT2D eigenvalue weighted by molar-refractivity contribution is -0.114. The van der Waals surface area contributed by atoms with Crippen LogP contribution in [0.3, 0.4) is 0 Å². The number of para-hydroxylation sites is 1. The Hall–Kier alpha value is -2.93. The summed E-state index contributed by atoms with van der Waals surface area (Å²) in [6.45, 7) is 2.18. The number of amides is 1. The molecule has 3 N–H and O–H groups in total. The van der Waals surface area contributed by atoms with Gasteiger partial charge in [0.2, 0.25) is 5.91 Å². The van der Waals surface area contributed by atoms with Crippen molar-refractivity contribution in [3.8, 4) is 0 Å². The van der Waals surface area contributed by atoms with Gasteiger partial charge in [0.25, 0.3) is 0 Å². The quantitative estimate of drug-likeness (QED) is 0.532. The van der Waals surface area contributed by atoms with Gasteiger partial charge in [-0.2, -0.15) is 5.10 Å². The first-order valence-electron chi connectivity index (χ1n) is 7.54. The maximum atomic E-state index is 12.1. The number of aromatic amines is 1. The molecule has 0 fully saturated rings. The zero-order valence-electron chi connectivity index (χ0n) is 13.0. The third-order valence-electron chi connectivity index (χ3n) is 3.73. The minimum atomic E-state index is -0.127. The molecule has 1 amide bonds. The molecule has 0 aliphatic rings. The van der Waals surface area contributed by atoms with E-state index in [-0.39, 0.29) is 12.5 Å².